The molecule has 0 amide bonds. The average molecular weight is 334 g/mol. The topological polar surface area (TPSA) is 66.6 Å². The summed E-state index contributed by atoms with van der Waals surface area (Å²) in [6, 6.07) is 0.543. The van der Waals surface area contributed by atoms with Crippen LogP contribution in [-0.2, 0) is 10.0 Å². The lowest BCUT2D eigenvalue weighted by Gasteiger charge is -2.40. The zero-order valence-electron chi connectivity index (χ0n) is 12.8. The maximum atomic E-state index is 12.6. The number of nitrogens with two attached hydrogens (primary N) is 1. The minimum Gasteiger partial charge on any atom is -0.392 e. The second-order valence-electron chi connectivity index (χ2n) is 6.07. The number of thiocarbonyl (C=S) groups is 1. The molecule has 2 heterocycles. The SMILES string of the molecule is CCC(C(N)=S)S(=O)(=O)N1CCC(N2CCCCC2)CC1. The van der Waals surface area contributed by atoms with Crippen molar-refractivity contribution in [1.82, 2.24) is 9.21 Å². The van der Waals surface area contributed by atoms with E-state index in [1.165, 1.54) is 32.4 Å². The first-order chi connectivity index (χ1) is 9.96. The first-order valence-corrected chi connectivity index (χ1v) is 9.90. The Bertz CT molecular complexity index is 453. The van der Waals surface area contributed by atoms with Gasteiger partial charge in [0.1, 0.15) is 5.25 Å². The Hall–Kier alpha value is -0.240. The summed E-state index contributed by atoms with van der Waals surface area (Å²) < 4.78 is 26.8. The van der Waals surface area contributed by atoms with Gasteiger partial charge in [-0.2, -0.15) is 0 Å². The van der Waals surface area contributed by atoms with Crippen LogP contribution in [0.5, 0.6) is 0 Å². The van der Waals surface area contributed by atoms with Crippen LogP contribution in [0.1, 0.15) is 45.4 Å². The Morgan fingerprint density at radius 1 is 1.19 bits per heavy atom. The minimum absolute atomic E-state index is 0.0932. The molecule has 0 aromatic heterocycles. The highest BCUT2D eigenvalue weighted by Crippen LogP contribution is 2.24. The maximum Gasteiger partial charge on any atom is 0.223 e. The molecular weight excluding hydrogens is 306 g/mol. The van der Waals surface area contributed by atoms with E-state index in [2.05, 4.69) is 4.90 Å². The van der Waals surface area contributed by atoms with Crippen LogP contribution < -0.4 is 5.73 Å². The van der Waals surface area contributed by atoms with Crippen molar-refractivity contribution in [1.29, 1.82) is 0 Å². The maximum absolute atomic E-state index is 12.6. The molecule has 0 aromatic rings. The molecule has 0 radical (unpaired) electrons. The summed E-state index contributed by atoms with van der Waals surface area (Å²) in [6.45, 7) is 5.36. The van der Waals surface area contributed by atoms with Gasteiger partial charge >= 0.3 is 0 Å². The van der Waals surface area contributed by atoms with E-state index < -0.39 is 15.3 Å². The molecule has 0 aromatic carbocycles. The van der Waals surface area contributed by atoms with Crippen LogP contribution in [0.2, 0.25) is 0 Å². The molecule has 21 heavy (non-hydrogen) atoms. The summed E-state index contributed by atoms with van der Waals surface area (Å²) in [7, 11) is -3.38. The van der Waals surface area contributed by atoms with E-state index in [1.807, 2.05) is 6.92 Å². The molecule has 2 fully saturated rings. The number of nitrogens with zero attached hydrogens (tertiary/aromatic N) is 2. The lowest BCUT2D eigenvalue weighted by Crippen LogP contribution is -2.51. The van der Waals surface area contributed by atoms with Crippen molar-refractivity contribution in [2.45, 2.75) is 56.7 Å². The van der Waals surface area contributed by atoms with E-state index in [1.54, 1.807) is 4.31 Å². The van der Waals surface area contributed by atoms with Gasteiger partial charge in [0.15, 0.2) is 0 Å². The summed E-state index contributed by atoms with van der Waals surface area (Å²) in [5.74, 6) is 0. The Morgan fingerprint density at radius 2 is 1.76 bits per heavy atom. The van der Waals surface area contributed by atoms with E-state index in [-0.39, 0.29) is 4.99 Å². The molecule has 2 saturated heterocycles. The zero-order chi connectivity index (χ0) is 15.5. The quantitative estimate of drug-likeness (QED) is 0.769. The average Bonchev–Trinajstić information content (AvgIpc) is 2.48. The van der Waals surface area contributed by atoms with E-state index in [0.29, 0.717) is 25.6 Å². The largest absolute Gasteiger partial charge is 0.392 e. The van der Waals surface area contributed by atoms with Gasteiger partial charge in [0, 0.05) is 19.1 Å². The molecule has 2 aliphatic rings. The van der Waals surface area contributed by atoms with Crippen molar-refractivity contribution in [2.75, 3.05) is 26.2 Å². The molecule has 2 N–H and O–H groups in total. The first-order valence-electron chi connectivity index (χ1n) is 7.99. The Labute approximate surface area is 133 Å². The Kier molecular flexibility index (Phi) is 5.99. The van der Waals surface area contributed by atoms with Gasteiger partial charge in [0.25, 0.3) is 0 Å². The second kappa shape index (κ2) is 7.35. The molecular formula is C14H27N3O2S2. The Morgan fingerprint density at radius 3 is 2.24 bits per heavy atom. The molecule has 2 rings (SSSR count). The number of rotatable bonds is 5. The molecule has 0 bridgehead atoms. The van der Waals surface area contributed by atoms with Crippen LogP contribution in [0.25, 0.3) is 0 Å². The van der Waals surface area contributed by atoms with Crippen molar-refractivity contribution < 1.29 is 8.42 Å². The fourth-order valence-electron chi connectivity index (χ4n) is 3.48. The normalized spacial score (nSPS) is 24.8. The molecule has 5 nitrogen and oxygen atoms in total. The number of hydrogen-bond donors (Lipinski definition) is 1. The zero-order valence-corrected chi connectivity index (χ0v) is 14.5. The molecule has 0 spiro atoms. The van der Waals surface area contributed by atoms with Gasteiger partial charge in [0.2, 0.25) is 10.0 Å². The lowest BCUT2D eigenvalue weighted by atomic mass is 10.0. The standard InChI is InChI=1S/C14H27N3O2S2/c1-2-13(14(15)20)21(18,19)17-10-6-12(7-11-17)16-8-4-3-5-9-16/h12-13H,2-11H2,1H3,(H2,15,20). The van der Waals surface area contributed by atoms with Crippen LogP contribution >= 0.6 is 12.2 Å². The molecule has 122 valence electrons. The predicted molar refractivity (Wildman–Crippen MR) is 89.8 cm³/mol. The first kappa shape index (κ1) is 17.1. The van der Waals surface area contributed by atoms with Crippen LogP contribution in [0, 0.1) is 0 Å². The summed E-state index contributed by atoms with van der Waals surface area (Å²) in [4.78, 5) is 2.63. The van der Waals surface area contributed by atoms with Gasteiger partial charge < -0.3 is 10.6 Å². The van der Waals surface area contributed by atoms with Crippen molar-refractivity contribution in [3.63, 3.8) is 0 Å². The van der Waals surface area contributed by atoms with E-state index in [9.17, 15) is 8.42 Å². The van der Waals surface area contributed by atoms with Gasteiger partial charge in [-0.05, 0) is 45.2 Å². The number of hydrogen-bond acceptors (Lipinski definition) is 4. The third kappa shape index (κ3) is 3.94. The van der Waals surface area contributed by atoms with Crippen LogP contribution in [0.3, 0.4) is 0 Å². The summed E-state index contributed by atoms with van der Waals surface area (Å²) in [5, 5.41) is -0.709. The molecule has 7 heteroatoms. The van der Waals surface area contributed by atoms with Crippen molar-refractivity contribution >= 4 is 27.2 Å². The number of sulfonamides is 1. The van der Waals surface area contributed by atoms with Crippen molar-refractivity contribution in [3.8, 4) is 0 Å². The highest BCUT2D eigenvalue weighted by molar-refractivity contribution is 7.92. The molecule has 0 saturated carbocycles. The highest BCUT2D eigenvalue weighted by atomic mass is 32.2. The summed E-state index contributed by atoms with van der Waals surface area (Å²) >= 11 is 4.92. The molecule has 0 aliphatic carbocycles. The molecule has 2 aliphatic heterocycles. The summed E-state index contributed by atoms with van der Waals surface area (Å²) in [5.41, 5.74) is 5.60. The summed E-state index contributed by atoms with van der Waals surface area (Å²) in [6.07, 6.45) is 6.18. The van der Waals surface area contributed by atoms with E-state index in [4.69, 9.17) is 18.0 Å². The molecule has 1 unspecified atom stereocenters. The number of piperidine rings is 2. The fourth-order valence-corrected chi connectivity index (χ4v) is 5.81. The third-order valence-electron chi connectivity index (χ3n) is 4.74. The van der Waals surface area contributed by atoms with Gasteiger partial charge in [-0.25, -0.2) is 12.7 Å². The van der Waals surface area contributed by atoms with Gasteiger partial charge in [-0.15, -0.1) is 0 Å². The van der Waals surface area contributed by atoms with Crippen LogP contribution in [-0.4, -0.2) is 60.1 Å². The monoisotopic (exact) mass is 333 g/mol. The van der Waals surface area contributed by atoms with Crippen LogP contribution in [0.4, 0.5) is 0 Å². The van der Waals surface area contributed by atoms with Crippen molar-refractivity contribution in [3.05, 3.63) is 0 Å². The Balaban J connectivity index is 1.95. The van der Waals surface area contributed by atoms with Gasteiger partial charge in [0.05, 0.1) is 4.99 Å². The van der Waals surface area contributed by atoms with Crippen molar-refractivity contribution in [2.24, 2.45) is 5.73 Å². The smallest absolute Gasteiger partial charge is 0.223 e. The van der Waals surface area contributed by atoms with Crippen LogP contribution in [0.15, 0.2) is 0 Å². The third-order valence-corrected chi connectivity index (χ3v) is 7.56. The highest BCUT2D eigenvalue weighted by Gasteiger charge is 2.36. The lowest BCUT2D eigenvalue weighted by molar-refractivity contribution is 0.117. The number of likely N-dealkylation sites (tertiary alicyclic amines) is 1. The second-order valence-corrected chi connectivity index (χ2v) is 8.66. The van der Waals surface area contributed by atoms with Gasteiger partial charge in [-0.3, -0.25) is 0 Å². The predicted octanol–water partition coefficient (Wildman–Crippen LogP) is 1.33. The minimum atomic E-state index is -3.38. The van der Waals surface area contributed by atoms with E-state index in [0.717, 1.165) is 12.8 Å². The molecule has 1 atom stereocenters. The van der Waals surface area contributed by atoms with E-state index >= 15 is 0 Å². The van der Waals surface area contributed by atoms with Gasteiger partial charge in [-0.1, -0.05) is 25.6 Å². The fraction of sp³-hybridized carbons (Fsp3) is 0.929.